The van der Waals surface area contributed by atoms with Crippen LogP contribution in [-0.4, -0.2) is 38.5 Å². The highest BCUT2D eigenvalue weighted by atomic mass is 16.5. The molecule has 3 aromatic heterocycles. The lowest BCUT2D eigenvalue weighted by atomic mass is 10.2. The van der Waals surface area contributed by atoms with Gasteiger partial charge in [-0.15, -0.1) is 0 Å². The number of aromatic nitrogens is 4. The van der Waals surface area contributed by atoms with Crippen molar-refractivity contribution in [3.8, 4) is 5.75 Å². The summed E-state index contributed by atoms with van der Waals surface area (Å²) in [6.45, 7) is 3.79. The Morgan fingerprint density at radius 3 is 1.94 bits per heavy atom. The summed E-state index contributed by atoms with van der Waals surface area (Å²) in [4.78, 5) is 17.1. The maximum atomic E-state index is 5.44. The second kappa shape index (κ2) is 11.3. The number of hydrogen-bond acceptors (Lipinski definition) is 10. The van der Waals surface area contributed by atoms with E-state index in [4.69, 9.17) is 4.74 Å². The van der Waals surface area contributed by atoms with Gasteiger partial charge in [-0.2, -0.15) is 20.2 Å². The number of methoxy groups -OCH3 is 1. The second-order valence-electron chi connectivity index (χ2n) is 7.38. The zero-order valence-electron chi connectivity index (χ0n) is 19.6. The molecule has 3 N–H and O–H groups in total. The van der Waals surface area contributed by atoms with Crippen molar-refractivity contribution in [2.45, 2.75) is 13.8 Å². The van der Waals surface area contributed by atoms with Crippen LogP contribution in [-0.2, 0) is 0 Å². The minimum absolute atomic E-state index is 0.289. The first kappa shape index (κ1) is 23.3. The third kappa shape index (κ3) is 6.35. The number of hydrogen-bond donors (Lipinski definition) is 3. The van der Waals surface area contributed by atoms with E-state index in [0.29, 0.717) is 17.4 Å². The van der Waals surface area contributed by atoms with Gasteiger partial charge in [0.15, 0.2) is 5.82 Å². The summed E-state index contributed by atoms with van der Waals surface area (Å²) in [5.41, 5.74) is 10.1. The minimum atomic E-state index is 0.289. The van der Waals surface area contributed by atoms with Gasteiger partial charge in [0.05, 0.1) is 24.2 Å². The zero-order chi connectivity index (χ0) is 24.5. The normalized spacial score (nSPS) is 11.6. The molecule has 0 fully saturated rings. The van der Waals surface area contributed by atoms with E-state index < -0.39 is 0 Å². The summed E-state index contributed by atoms with van der Waals surface area (Å²) in [7, 11) is 1.62. The molecule has 0 amide bonds. The molecule has 0 aliphatic rings. The number of rotatable bonds is 9. The maximum absolute atomic E-state index is 5.44. The van der Waals surface area contributed by atoms with E-state index >= 15 is 0 Å². The van der Waals surface area contributed by atoms with Gasteiger partial charge < -0.3 is 10.1 Å². The van der Waals surface area contributed by atoms with Crippen LogP contribution in [0.15, 0.2) is 89.6 Å². The Balaban J connectivity index is 1.62. The van der Waals surface area contributed by atoms with E-state index in [0.717, 1.165) is 28.2 Å². The van der Waals surface area contributed by atoms with Crippen LogP contribution in [0.4, 0.5) is 23.3 Å². The van der Waals surface area contributed by atoms with Crippen molar-refractivity contribution in [3.63, 3.8) is 0 Å². The smallest absolute Gasteiger partial charge is 0.247 e. The quantitative estimate of drug-likeness (QED) is 0.239. The van der Waals surface area contributed by atoms with Crippen LogP contribution in [0.25, 0.3) is 0 Å². The number of ether oxygens (including phenoxy) is 1. The van der Waals surface area contributed by atoms with Gasteiger partial charge in [0.1, 0.15) is 11.6 Å². The molecule has 0 bridgehead atoms. The van der Waals surface area contributed by atoms with Crippen LogP contribution >= 0.6 is 0 Å². The van der Waals surface area contributed by atoms with Crippen LogP contribution in [0.3, 0.4) is 0 Å². The Hall–Kier alpha value is -4.86. The van der Waals surface area contributed by atoms with Crippen LogP contribution in [0.2, 0.25) is 0 Å². The molecule has 0 spiro atoms. The molecule has 0 atom stereocenters. The Bertz CT molecular complexity index is 1250. The van der Waals surface area contributed by atoms with Gasteiger partial charge in [0.2, 0.25) is 5.95 Å². The molecule has 1 aromatic carbocycles. The third-order valence-electron chi connectivity index (χ3n) is 4.95. The fraction of sp³-hybridized carbons (Fsp3) is 0.120. The third-order valence-corrected chi connectivity index (χ3v) is 4.95. The number of anilines is 4. The molecule has 10 nitrogen and oxygen atoms in total. The fourth-order valence-corrected chi connectivity index (χ4v) is 3.09. The lowest BCUT2D eigenvalue weighted by Gasteiger charge is -2.12. The zero-order valence-corrected chi connectivity index (χ0v) is 19.6. The van der Waals surface area contributed by atoms with Crippen molar-refractivity contribution in [1.82, 2.24) is 19.9 Å². The molecule has 10 heteroatoms. The van der Waals surface area contributed by atoms with Gasteiger partial charge in [-0.05, 0) is 50.2 Å². The molecule has 0 aliphatic carbocycles. The molecule has 35 heavy (non-hydrogen) atoms. The van der Waals surface area contributed by atoms with Crippen molar-refractivity contribution in [2.75, 3.05) is 23.3 Å². The molecule has 0 aliphatic heterocycles. The molecular formula is C25H25N9O. The van der Waals surface area contributed by atoms with Gasteiger partial charge in [0.25, 0.3) is 0 Å². The van der Waals surface area contributed by atoms with Crippen LogP contribution in [0.5, 0.6) is 5.75 Å². The van der Waals surface area contributed by atoms with Crippen molar-refractivity contribution in [2.24, 2.45) is 10.2 Å². The summed E-state index contributed by atoms with van der Waals surface area (Å²) in [6.07, 6.45) is 6.88. The largest absolute Gasteiger partial charge is 0.495 e. The average Bonchev–Trinajstić information content (AvgIpc) is 2.91. The predicted molar refractivity (Wildman–Crippen MR) is 138 cm³/mol. The Morgan fingerprint density at radius 1 is 0.743 bits per heavy atom. The molecule has 0 saturated carbocycles. The topological polar surface area (TPSA) is 122 Å². The first-order valence-corrected chi connectivity index (χ1v) is 10.8. The molecule has 4 aromatic rings. The number of benzene rings is 1. The molecule has 176 valence electrons. The highest BCUT2D eigenvalue weighted by Gasteiger charge is 2.08. The monoisotopic (exact) mass is 467 g/mol. The SMILES string of the molecule is COc1ccccc1Nc1cc(NN=C(C)c2ccncc2)nc(NN=C(C)c2ccncc2)n1. The summed E-state index contributed by atoms with van der Waals surface area (Å²) in [5.74, 6) is 1.99. The molecule has 4 rings (SSSR count). The van der Waals surface area contributed by atoms with Crippen molar-refractivity contribution in [1.29, 1.82) is 0 Å². The Morgan fingerprint density at radius 2 is 1.31 bits per heavy atom. The maximum Gasteiger partial charge on any atom is 0.247 e. The Labute approximate surface area is 203 Å². The number of para-hydroxylation sites is 2. The average molecular weight is 468 g/mol. The van der Waals surface area contributed by atoms with Gasteiger partial charge in [-0.25, -0.2) is 5.43 Å². The summed E-state index contributed by atoms with van der Waals surface area (Å²) in [5, 5.41) is 12.2. The minimum Gasteiger partial charge on any atom is -0.495 e. The first-order chi connectivity index (χ1) is 17.1. The fourth-order valence-electron chi connectivity index (χ4n) is 3.09. The van der Waals surface area contributed by atoms with Gasteiger partial charge in [0, 0.05) is 42.0 Å². The van der Waals surface area contributed by atoms with Crippen LogP contribution < -0.4 is 20.9 Å². The summed E-state index contributed by atoms with van der Waals surface area (Å²) >= 11 is 0. The van der Waals surface area contributed by atoms with Crippen molar-refractivity contribution in [3.05, 3.63) is 90.5 Å². The highest BCUT2D eigenvalue weighted by Crippen LogP contribution is 2.27. The number of nitrogens with one attached hydrogen (secondary N) is 3. The predicted octanol–water partition coefficient (Wildman–Crippen LogP) is 4.69. The van der Waals surface area contributed by atoms with Gasteiger partial charge in [-0.3, -0.25) is 15.4 Å². The molecule has 3 heterocycles. The molecule has 0 radical (unpaired) electrons. The van der Waals surface area contributed by atoms with Gasteiger partial charge >= 0.3 is 0 Å². The van der Waals surface area contributed by atoms with Crippen molar-refractivity contribution < 1.29 is 4.74 Å². The van der Waals surface area contributed by atoms with E-state index in [-0.39, 0.29) is 5.95 Å². The van der Waals surface area contributed by atoms with Crippen LogP contribution in [0.1, 0.15) is 25.0 Å². The van der Waals surface area contributed by atoms with Crippen molar-refractivity contribution >= 4 is 34.7 Å². The van der Waals surface area contributed by atoms with E-state index in [1.807, 2.05) is 62.4 Å². The Kier molecular flexibility index (Phi) is 7.54. The molecular weight excluding hydrogens is 442 g/mol. The van der Waals surface area contributed by atoms with E-state index in [1.54, 1.807) is 38.0 Å². The number of nitrogens with zero attached hydrogens (tertiary/aromatic N) is 6. The molecule has 0 unspecified atom stereocenters. The van der Waals surface area contributed by atoms with Gasteiger partial charge in [-0.1, -0.05) is 12.1 Å². The van der Waals surface area contributed by atoms with E-state index in [2.05, 4.69) is 46.3 Å². The molecule has 0 saturated heterocycles. The number of hydrazone groups is 2. The second-order valence-corrected chi connectivity index (χ2v) is 7.38. The summed E-state index contributed by atoms with van der Waals surface area (Å²) in [6, 6.07) is 16.9. The van der Waals surface area contributed by atoms with Crippen LogP contribution in [0, 0.1) is 0 Å². The summed E-state index contributed by atoms with van der Waals surface area (Å²) < 4.78 is 5.44. The van der Waals surface area contributed by atoms with E-state index in [1.165, 1.54) is 0 Å². The lowest BCUT2D eigenvalue weighted by molar-refractivity contribution is 0.417. The lowest BCUT2D eigenvalue weighted by Crippen LogP contribution is -2.07. The first-order valence-electron chi connectivity index (χ1n) is 10.8. The standard InChI is InChI=1S/C25H25N9O/c1-17(19-8-12-26-13-9-19)31-33-24-16-23(28-21-6-4-5-7-22(21)35-3)29-25(30-24)34-32-18(2)20-10-14-27-15-11-20/h4-16H,1-3H3,(H3,28,29,30,33,34). The van der Waals surface area contributed by atoms with E-state index in [9.17, 15) is 0 Å². The number of pyridine rings is 2. The highest BCUT2D eigenvalue weighted by molar-refractivity contribution is 5.99.